The van der Waals surface area contributed by atoms with Crippen LogP contribution in [0.3, 0.4) is 0 Å². The predicted octanol–water partition coefficient (Wildman–Crippen LogP) is 6.61. The van der Waals surface area contributed by atoms with Gasteiger partial charge in [0, 0.05) is 0 Å². The van der Waals surface area contributed by atoms with Crippen molar-refractivity contribution in [3.05, 3.63) is 65.6 Å². The van der Waals surface area contributed by atoms with Gasteiger partial charge in [0.2, 0.25) is 0 Å². The fraction of sp³-hybridized carbons (Fsp3) is 0.333. The van der Waals surface area contributed by atoms with E-state index in [1.165, 1.54) is 36.6 Å². The number of halogens is 4. The van der Waals surface area contributed by atoms with Crippen LogP contribution in [0.25, 0.3) is 11.1 Å². The van der Waals surface area contributed by atoms with Crippen LogP contribution >= 0.6 is 0 Å². The smallest absolute Gasteiger partial charge is 0.403 e. The first-order chi connectivity index (χ1) is 12.9. The summed E-state index contributed by atoms with van der Waals surface area (Å²) in [6.45, 7) is 2.09. The van der Waals surface area contributed by atoms with Gasteiger partial charge < -0.3 is 4.74 Å². The van der Waals surface area contributed by atoms with Crippen molar-refractivity contribution in [2.24, 2.45) is 0 Å². The highest BCUT2D eigenvalue weighted by Crippen LogP contribution is 2.35. The molecule has 0 spiro atoms. The minimum atomic E-state index is -4.90. The first-order valence-corrected chi connectivity index (χ1v) is 11.4. The Hall–Kier alpha value is -2.08. The summed E-state index contributed by atoms with van der Waals surface area (Å²) in [5.74, 6) is -1.28. The molecule has 1 aliphatic heterocycles. The van der Waals surface area contributed by atoms with E-state index in [0.29, 0.717) is 11.5 Å². The lowest BCUT2D eigenvalue weighted by atomic mass is 9.92. The SMILES string of the molecule is CC=C[SiH]1CCC(c2ccc(-c3ccc(OC(F)(F)F)c(F)c3)cc2)CC1. The fourth-order valence-corrected chi connectivity index (χ4v) is 6.63. The molecule has 1 aliphatic rings. The van der Waals surface area contributed by atoms with Crippen LogP contribution in [0.4, 0.5) is 17.6 Å². The molecule has 0 aromatic heterocycles. The van der Waals surface area contributed by atoms with E-state index in [1.807, 2.05) is 12.1 Å². The van der Waals surface area contributed by atoms with Gasteiger partial charge in [-0.25, -0.2) is 4.39 Å². The van der Waals surface area contributed by atoms with E-state index in [2.05, 4.69) is 35.6 Å². The fourth-order valence-electron chi connectivity index (χ4n) is 3.75. The van der Waals surface area contributed by atoms with Gasteiger partial charge in [-0.3, -0.25) is 0 Å². The molecule has 0 radical (unpaired) electrons. The van der Waals surface area contributed by atoms with Crippen LogP contribution in [0, 0.1) is 5.82 Å². The molecule has 0 bridgehead atoms. The summed E-state index contributed by atoms with van der Waals surface area (Å²) in [5, 5.41) is 0. The van der Waals surface area contributed by atoms with Gasteiger partial charge in [0.25, 0.3) is 0 Å². The summed E-state index contributed by atoms with van der Waals surface area (Å²) < 4.78 is 54.3. The minimum absolute atomic E-state index is 0.526. The maximum atomic E-state index is 13.9. The van der Waals surface area contributed by atoms with Gasteiger partial charge in [-0.15, -0.1) is 18.9 Å². The molecule has 1 nitrogen and oxygen atoms in total. The van der Waals surface area contributed by atoms with Gasteiger partial charge in [0.15, 0.2) is 11.6 Å². The Balaban J connectivity index is 1.70. The first-order valence-electron chi connectivity index (χ1n) is 9.14. The topological polar surface area (TPSA) is 9.23 Å². The Labute approximate surface area is 158 Å². The van der Waals surface area contributed by atoms with Crippen LogP contribution in [-0.2, 0) is 0 Å². The molecule has 144 valence electrons. The summed E-state index contributed by atoms with van der Waals surface area (Å²) in [6, 6.07) is 14.1. The Morgan fingerprint density at radius 2 is 1.63 bits per heavy atom. The summed E-state index contributed by atoms with van der Waals surface area (Å²) in [6.07, 6.45) is -0.313. The molecule has 0 saturated carbocycles. The molecule has 0 atom stereocenters. The Morgan fingerprint density at radius 1 is 1.00 bits per heavy atom. The van der Waals surface area contributed by atoms with Gasteiger partial charge in [0.05, 0.1) is 8.80 Å². The van der Waals surface area contributed by atoms with Crippen molar-refractivity contribution < 1.29 is 22.3 Å². The third kappa shape index (κ3) is 5.22. The zero-order valence-corrected chi connectivity index (χ0v) is 16.3. The van der Waals surface area contributed by atoms with Crippen LogP contribution in [0.1, 0.15) is 31.2 Å². The molecular weight excluding hydrogens is 372 g/mol. The number of benzene rings is 2. The molecule has 1 saturated heterocycles. The molecule has 0 aliphatic carbocycles. The molecule has 2 aromatic rings. The number of alkyl halides is 3. The zero-order chi connectivity index (χ0) is 19.4. The highest BCUT2D eigenvalue weighted by atomic mass is 28.3. The van der Waals surface area contributed by atoms with Crippen molar-refractivity contribution in [1.82, 2.24) is 0 Å². The van der Waals surface area contributed by atoms with Crippen molar-refractivity contribution in [2.75, 3.05) is 0 Å². The third-order valence-electron chi connectivity index (χ3n) is 5.11. The van der Waals surface area contributed by atoms with Gasteiger partial charge in [0.1, 0.15) is 0 Å². The van der Waals surface area contributed by atoms with Crippen LogP contribution < -0.4 is 4.74 Å². The predicted molar refractivity (Wildman–Crippen MR) is 102 cm³/mol. The number of allylic oxidation sites excluding steroid dienone is 1. The second kappa shape index (κ2) is 8.29. The van der Waals surface area contributed by atoms with E-state index in [-0.39, 0.29) is 0 Å². The molecule has 0 N–H and O–H groups in total. The van der Waals surface area contributed by atoms with Crippen LogP contribution in [-0.4, -0.2) is 15.2 Å². The zero-order valence-electron chi connectivity index (χ0n) is 15.1. The normalized spacial score (nSPS) is 20.8. The third-order valence-corrected chi connectivity index (χ3v) is 8.19. The number of hydrogen-bond acceptors (Lipinski definition) is 1. The van der Waals surface area contributed by atoms with Gasteiger partial charge in [-0.2, -0.15) is 0 Å². The molecule has 0 amide bonds. The van der Waals surface area contributed by atoms with Gasteiger partial charge in [-0.1, -0.05) is 48.5 Å². The molecule has 1 fully saturated rings. The Kier molecular flexibility index (Phi) is 6.04. The van der Waals surface area contributed by atoms with Crippen molar-refractivity contribution in [2.45, 2.75) is 44.1 Å². The summed E-state index contributed by atoms with van der Waals surface area (Å²) >= 11 is 0. The molecule has 3 rings (SSSR count). The average Bonchev–Trinajstić information content (AvgIpc) is 2.63. The van der Waals surface area contributed by atoms with E-state index in [1.54, 1.807) is 0 Å². The standard InChI is InChI=1S/C21H22F4OSi/c1-2-11-27-12-9-17(10-13-27)15-3-5-16(6-4-15)18-7-8-20(19(22)14-18)26-21(23,24)25/h2-8,11,14,17,27H,9-10,12-13H2,1H3. The van der Waals surface area contributed by atoms with Crippen LogP contribution in [0.5, 0.6) is 5.75 Å². The van der Waals surface area contributed by atoms with Crippen molar-refractivity contribution in [3.63, 3.8) is 0 Å². The largest absolute Gasteiger partial charge is 0.573 e. The second-order valence-electron chi connectivity index (χ2n) is 6.95. The van der Waals surface area contributed by atoms with E-state index in [0.717, 1.165) is 17.7 Å². The van der Waals surface area contributed by atoms with E-state index in [4.69, 9.17) is 0 Å². The monoisotopic (exact) mass is 394 g/mol. The summed E-state index contributed by atoms with van der Waals surface area (Å²) in [7, 11) is -0.688. The maximum Gasteiger partial charge on any atom is 0.573 e. The molecule has 2 aromatic carbocycles. The summed E-state index contributed by atoms with van der Waals surface area (Å²) in [5.41, 5.74) is 5.00. The maximum absolute atomic E-state index is 13.9. The minimum Gasteiger partial charge on any atom is -0.403 e. The second-order valence-corrected chi connectivity index (χ2v) is 10.0. The van der Waals surface area contributed by atoms with E-state index >= 15 is 0 Å². The molecular formula is C21H22F4OSi. The average molecular weight is 394 g/mol. The lowest BCUT2D eigenvalue weighted by molar-refractivity contribution is -0.275. The van der Waals surface area contributed by atoms with Crippen LogP contribution in [0.2, 0.25) is 12.1 Å². The Bertz CT molecular complexity index is 791. The number of hydrogen-bond donors (Lipinski definition) is 0. The van der Waals surface area contributed by atoms with Crippen molar-refractivity contribution >= 4 is 8.80 Å². The highest BCUT2D eigenvalue weighted by molar-refractivity contribution is 6.64. The van der Waals surface area contributed by atoms with Gasteiger partial charge in [-0.05, 0) is 54.5 Å². The molecule has 27 heavy (non-hydrogen) atoms. The molecule has 1 heterocycles. The van der Waals surface area contributed by atoms with Crippen LogP contribution in [0.15, 0.2) is 54.2 Å². The Morgan fingerprint density at radius 3 is 2.19 bits per heavy atom. The quantitative estimate of drug-likeness (QED) is 0.419. The molecule has 0 unspecified atom stereocenters. The summed E-state index contributed by atoms with van der Waals surface area (Å²) in [4.78, 5) is 0. The van der Waals surface area contributed by atoms with Crippen molar-refractivity contribution in [1.29, 1.82) is 0 Å². The molecule has 6 heteroatoms. The highest BCUT2D eigenvalue weighted by Gasteiger charge is 2.32. The van der Waals surface area contributed by atoms with Gasteiger partial charge >= 0.3 is 6.36 Å². The number of ether oxygens (including phenoxy) is 1. The number of rotatable bonds is 4. The van der Waals surface area contributed by atoms with Crippen molar-refractivity contribution in [3.8, 4) is 16.9 Å². The lowest BCUT2D eigenvalue weighted by Gasteiger charge is -2.26. The van der Waals surface area contributed by atoms with E-state index < -0.39 is 26.7 Å². The first kappa shape index (κ1) is 19.7. The lowest BCUT2D eigenvalue weighted by Crippen LogP contribution is -2.18. The van der Waals surface area contributed by atoms with E-state index in [9.17, 15) is 17.6 Å².